The van der Waals surface area contributed by atoms with Crippen molar-refractivity contribution in [3.63, 3.8) is 0 Å². The van der Waals surface area contributed by atoms with Gasteiger partial charge in [0.05, 0.1) is 94.2 Å². The molecule has 0 amide bonds. The predicted molar refractivity (Wildman–Crippen MR) is 397 cm³/mol. The van der Waals surface area contributed by atoms with Crippen molar-refractivity contribution in [3.05, 3.63) is 237 Å². The van der Waals surface area contributed by atoms with E-state index in [9.17, 15) is 19.2 Å². The van der Waals surface area contributed by atoms with E-state index in [0.29, 0.717) is 99.1 Å². The molecule has 102 heavy (non-hydrogen) atoms. The number of nitrogens with zero attached hydrogens (tertiary/aromatic N) is 8. The van der Waals surface area contributed by atoms with E-state index in [1.54, 1.807) is 76.2 Å². The molecule has 0 radical (unpaired) electrons. The SMILES string of the molecule is C#Cc1c2nc(c(-c3ccc(C(=O)OCC)cc3)c3ccc(cc4nc(c(-c5ccc(C(=O)OCC)cc5)c5ccc1[n-]5)C=C4)[n-]3)C=C2.CCOC(=O)c1ccc(-c2c3nc(c(C#C[Si](C)(C)C)c4ccc([n-]4)c(-c4ccc(C(=O)OCC)cc4)c4nc(cc5ccc2[n-]5)C=C4)C=C3)cc1.[Zn+2].[Zn+2]. The van der Waals surface area contributed by atoms with Gasteiger partial charge in [0.15, 0.2) is 0 Å². The predicted octanol–water partition coefficient (Wildman–Crippen LogP) is 16.4. The van der Waals surface area contributed by atoms with Gasteiger partial charge >= 0.3 is 62.8 Å². The smallest absolute Gasteiger partial charge is 0.657 e. The molecule has 6 aromatic heterocycles. The summed E-state index contributed by atoms with van der Waals surface area (Å²) in [5, 5.41) is 0. The monoisotopic (exact) mass is 1460 g/mol. The molecule has 19 heteroatoms. The molecule has 0 spiro atoms. The van der Waals surface area contributed by atoms with E-state index in [2.05, 4.69) is 37.0 Å². The zero-order chi connectivity index (χ0) is 69.6. The van der Waals surface area contributed by atoms with E-state index in [-0.39, 0.29) is 62.8 Å². The van der Waals surface area contributed by atoms with Crippen molar-refractivity contribution in [3.8, 4) is 68.3 Å². The van der Waals surface area contributed by atoms with Gasteiger partial charge in [0.2, 0.25) is 0 Å². The van der Waals surface area contributed by atoms with Crippen molar-refractivity contribution in [2.75, 3.05) is 26.4 Å². The second-order valence-electron chi connectivity index (χ2n) is 24.3. The van der Waals surface area contributed by atoms with Gasteiger partial charge in [-0.3, -0.25) is 0 Å². The molecule has 14 rings (SSSR count). The fourth-order valence-electron chi connectivity index (χ4n) is 11.7. The topological polar surface area (TPSA) is 213 Å². The van der Waals surface area contributed by atoms with Gasteiger partial charge in [-0.15, -0.1) is 56.1 Å². The first kappa shape index (κ1) is 71.8. The molecule has 10 heterocycles. The third kappa shape index (κ3) is 15.6. The molecule has 16 bridgehead atoms. The fourth-order valence-corrected chi connectivity index (χ4v) is 12.2. The Kier molecular flexibility index (Phi) is 22.1. The molecular weight excluding hydrogens is 1400 g/mol. The number of ether oxygens (including phenoxy) is 4. The van der Waals surface area contributed by atoms with Crippen molar-refractivity contribution < 1.29 is 77.1 Å². The van der Waals surface area contributed by atoms with E-state index in [0.717, 1.165) is 94.9 Å². The molecule has 0 unspecified atom stereocenters. The van der Waals surface area contributed by atoms with Crippen molar-refractivity contribution in [2.45, 2.75) is 47.3 Å². The van der Waals surface area contributed by atoms with Crippen molar-refractivity contribution in [1.29, 1.82) is 0 Å². The Morgan fingerprint density at radius 2 is 0.647 bits per heavy atom. The van der Waals surface area contributed by atoms with Gasteiger partial charge in [0.1, 0.15) is 8.07 Å². The molecule has 10 aromatic rings. The fraction of sp³-hybridized carbons (Fsp3) is 0.133. The van der Waals surface area contributed by atoms with Gasteiger partial charge in [-0.1, -0.05) is 141 Å². The molecule has 0 saturated heterocycles. The second-order valence-corrected chi connectivity index (χ2v) is 29.0. The Bertz CT molecular complexity index is 5440. The first-order valence-electron chi connectivity index (χ1n) is 32.7. The summed E-state index contributed by atoms with van der Waals surface area (Å²) in [7, 11) is -1.80. The summed E-state index contributed by atoms with van der Waals surface area (Å²) in [4.78, 5) is 89.7. The van der Waals surface area contributed by atoms with Crippen molar-refractivity contribution >= 4 is 125 Å². The minimum Gasteiger partial charge on any atom is -0.657 e. The van der Waals surface area contributed by atoms with E-state index >= 15 is 0 Å². The van der Waals surface area contributed by atoms with Gasteiger partial charge in [-0.25, -0.2) is 39.1 Å². The van der Waals surface area contributed by atoms with E-state index < -0.39 is 8.07 Å². The number of carbonyl (C=O) groups is 4. The first-order valence-corrected chi connectivity index (χ1v) is 36.2. The van der Waals surface area contributed by atoms with E-state index in [4.69, 9.17) is 65.2 Å². The van der Waals surface area contributed by atoms with Crippen LogP contribution >= 0.6 is 0 Å². The van der Waals surface area contributed by atoms with E-state index in [1.807, 2.05) is 158 Å². The Balaban J connectivity index is 0.000000202. The largest absolute Gasteiger partial charge is 2.00 e. The van der Waals surface area contributed by atoms with Crippen LogP contribution in [0.1, 0.15) is 126 Å². The van der Waals surface area contributed by atoms with Crippen LogP contribution in [0.3, 0.4) is 0 Å². The summed E-state index contributed by atoms with van der Waals surface area (Å²) < 4.78 is 20.8. The average molecular weight is 1460 g/mol. The van der Waals surface area contributed by atoms with Crippen LogP contribution in [0.5, 0.6) is 0 Å². The summed E-state index contributed by atoms with van der Waals surface area (Å²) in [5.74, 6) is 4.78. The molecule has 0 saturated carbocycles. The van der Waals surface area contributed by atoms with Crippen LogP contribution in [0.4, 0.5) is 0 Å². The maximum absolute atomic E-state index is 12.4. The molecule has 492 valence electrons. The number of carbonyl (C=O) groups excluding carboxylic acids is 4. The minimum absolute atomic E-state index is 0. The summed E-state index contributed by atoms with van der Waals surface area (Å²) in [6, 6.07) is 48.5. The molecule has 0 N–H and O–H groups in total. The van der Waals surface area contributed by atoms with Crippen LogP contribution in [-0.2, 0) is 57.9 Å². The zero-order valence-corrected chi connectivity index (χ0v) is 64.2. The molecule has 4 aliphatic rings. The third-order valence-corrected chi connectivity index (χ3v) is 17.2. The Hall–Kier alpha value is -11.5. The van der Waals surface area contributed by atoms with Crippen LogP contribution in [-0.4, -0.2) is 78.3 Å². The average Bonchev–Trinajstić information content (AvgIpc) is 1.64. The quantitative estimate of drug-likeness (QED) is 0.0481. The van der Waals surface area contributed by atoms with Crippen molar-refractivity contribution in [2.24, 2.45) is 0 Å². The van der Waals surface area contributed by atoms with Crippen LogP contribution in [0, 0.1) is 23.8 Å². The third-order valence-electron chi connectivity index (χ3n) is 16.3. The summed E-state index contributed by atoms with van der Waals surface area (Å²) in [6.07, 6.45) is 21.6. The van der Waals surface area contributed by atoms with E-state index in [1.165, 1.54) is 0 Å². The van der Waals surface area contributed by atoms with Crippen LogP contribution in [0.2, 0.25) is 19.6 Å². The van der Waals surface area contributed by atoms with Crippen LogP contribution in [0.15, 0.2) is 158 Å². The Labute approximate surface area is 616 Å². The molecule has 16 nitrogen and oxygen atoms in total. The van der Waals surface area contributed by atoms with Crippen molar-refractivity contribution in [1.82, 2.24) is 39.9 Å². The number of esters is 4. The number of rotatable bonds is 12. The van der Waals surface area contributed by atoms with Gasteiger partial charge in [-0.2, -0.15) is 0 Å². The molecule has 4 aromatic carbocycles. The van der Waals surface area contributed by atoms with Gasteiger partial charge < -0.3 is 38.9 Å². The maximum atomic E-state index is 12.4. The summed E-state index contributed by atoms with van der Waals surface area (Å²) in [6.45, 7) is 14.9. The minimum atomic E-state index is -1.80. The van der Waals surface area contributed by atoms with Crippen LogP contribution < -0.4 is 19.9 Å². The number of hydrogen-bond donors (Lipinski definition) is 0. The Morgan fingerprint density at radius 1 is 0.363 bits per heavy atom. The summed E-state index contributed by atoms with van der Waals surface area (Å²) >= 11 is 0. The maximum Gasteiger partial charge on any atom is 2.00 e. The number of fused-ring (bicyclic) bond motifs is 16. The molecule has 0 aliphatic carbocycles. The number of terminal acetylenes is 1. The number of aromatic nitrogens is 8. The second kappa shape index (κ2) is 31.4. The number of hydrogen-bond acceptors (Lipinski definition) is 12. The zero-order valence-electron chi connectivity index (χ0n) is 57.3. The number of benzene rings is 4. The normalized spacial score (nSPS) is 11.6. The molecular formula is C83H64N8O8SiZn2. The molecule has 0 atom stereocenters. The van der Waals surface area contributed by atoms with Gasteiger partial charge in [0, 0.05) is 11.1 Å². The Morgan fingerprint density at radius 3 is 0.980 bits per heavy atom. The van der Waals surface area contributed by atoms with Crippen LogP contribution in [0.25, 0.3) is 137 Å². The molecule has 0 fully saturated rings. The van der Waals surface area contributed by atoms with Gasteiger partial charge in [0.25, 0.3) is 0 Å². The standard InChI is InChI=1S/C43H37N4O4Si.C40H29N4O4.2Zn/c1-6-50-42(48)29-12-8-27(9-13-29)40-36-18-16-31(44-36)26-32-17-19-37(45-32)41(28-10-14-30(15-11-28)43(49)51-7-2)39-23-21-35(47-39)33(24-25-52(3,4)5)34-20-22-38(40)46-34;1-4-30-31-19-21-35(43-31)37(24-7-11-26(12-8-24)39(45)47-5-2)33-17-15-28(41-33)23-29-16-18-34(42-29)38(36-22-20-32(30)44-36)25-9-13-27(14-10-25)40(46)48-6-3;;/h8-23,26H,6-7H2,1-5H3,(H-,44,45,46,47,48,49);1,7-23H,5-6H2,2-3H3,(H-,41,42,43,44,45,46);;/q2*-1;2*+2/p-2. The van der Waals surface area contributed by atoms with Gasteiger partial charge in [-0.05, 0) is 169 Å². The first-order chi connectivity index (χ1) is 48.5. The summed E-state index contributed by atoms with van der Waals surface area (Å²) in [5.41, 5.74) is 24.4. The molecule has 4 aliphatic heterocycles.